The Bertz CT molecular complexity index is 438. The highest BCUT2D eigenvalue weighted by Crippen LogP contribution is 2.38. The summed E-state index contributed by atoms with van der Waals surface area (Å²) in [5.74, 6) is 0. The molecule has 0 aromatic heterocycles. The molecule has 0 spiro atoms. The van der Waals surface area contributed by atoms with Crippen LogP contribution in [0, 0.1) is 0 Å². The van der Waals surface area contributed by atoms with Crippen molar-refractivity contribution in [2.24, 2.45) is 0 Å². The van der Waals surface area contributed by atoms with E-state index in [9.17, 15) is 10.2 Å². The third-order valence-electron chi connectivity index (χ3n) is 4.23. The molecule has 0 bridgehead atoms. The third-order valence-corrected chi connectivity index (χ3v) is 4.76. The monoisotopic (exact) mass is 342 g/mol. The molecule has 3 nitrogen and oxygen atoms in total. The number of aliphatic hydroxyl groups is 2. The molecular weight excluding hydrogens is 320 g/mol. The fraction of sp³-hybridized carbons (Fsp3) is 0.625. The Morgan fingerprint density at radius 2 is 1.85 bits per heavy atom. The predicted molar refractivity (Wildman–Crippen MR) is 82.8 cm³/mol. The molecule has 112 valence electrons. The molecule has 0 aliphatic carbocycles. The molecule has 1 saturated heterocycles. The summed E-state index contributed by atoms with van der Waals surface area (Å²) < 4.78 is 7.01. The van der Waals surface area contributed by atoms with Crippen molar-refractivity contribution in [1.29, 1.82) is 0 Å². The number of halogens is 1. The van der Waals surface area contributed by atoms with Crippen LogP contribution >= 0.6 is 15.9 Å². The highest BCUT2D eigenvalue weighted by Gasteiger charge is 2.39. The van der Waals surface area contributed by atoms with Gasteiger partial charge in [0.15, 0.2) is 0 Å². The quantitative estimate of drug-likeness (QED) is 0.864. The van der Waals surface area contributed by atoms with Gasteiger partial charge in [0, 0.05) is 9.89 Å². The molecule has 20 heavy (non-hydrogen) atoms. The molecule has 0 amide bonds. The molecule has 1 atom stereocenters. The fourth-order valence-electron chi connectivity index (χ4n) is 2.94. The van der Waals surface area contributed by atoms with Gasteiger partial charge >= 0.3 is 0 Å². The van der Waals surface area contributed by atoms with E-state index in [1.54, 1.807) is 0 Å². The van der Waals surface area contributed by atoms with Gasteiger partial charge in [-0.25, -0.2) is 0 Å². The molecule has 0 radical (unpaired) electrons. The number of aliphatic hydroxyl groups excluding tert-OH is 2. The average Bonchev–Trinajstić information content (AvgIpc) is 2.76. The topological polar surface area (TPSA) is 49.7 Å². The summed E-state index contributed by atoms with van der Waals surface area (Å²) in [7, 11) is 0. The molecular formula is C16H23BrO3. The zero-order valence-corrected chi connectivity index (χ0v) is 13.7. The average molecular weight is 343 g/mol. The van der Waals surface area contributed by atoms with Gasteiger partial charge in [0.05, 0.1) is 24.9 Å². The van der Waals surface area contributed by atoms with E-state index >= 15 is 0 Å². The number of benzene rings is 1. The van der Waals surface area contributed by atoms with Crippen LogP contribution in [0.5, 0.6) is 0 Å². The Hall–Kier alpha value is -0.420. The molecule has 1 aliphatic heterocycles. The first kappa shape index (κ1) is 16.0. The van der Waals surface area contributed by atoms with Crippen molar-refractivity contribution in [3.8, 4) is 0 Å². The zero-order chi connectivity index (χ0) is 14.8. The molecule has 1 aromatic carbocycles. The summed E-state index contributed by atoms with van der Waals surface area (Å²) in [6, 6.07) is 7.79. The lowest BCUT2D eigenvalue weighted by molar-refractivity contribution is -0.0381. The molecule has 1 aliphatic rings. The number of hydrogen-bond donors (Lipinski definition) is 2. The Morgan fingerprint density at radius 3 is 2.30 bits per heavy atom. The second-order valence-electron chi connectivity index (χ2n) is 6.35. The maximum atomic E-state index is 9.86. The maximum Gasteiger partial charge on any atom is 0.0631 e. The highest BCUT2D eigenvalue weighted by atomic mass is 79.9. The lowest BCUT2D eigenvalue weighted by atomic mass is 9.77. The van der Waals surface area contributed by atoms with Crippen LogP contribution in [0.15, 0.2) is 28.7 Å². The van der Waals surface area contributed by atoms with Crippen molar-refractivity contribution in [3.63, 3.8) is 0 Å². The van der Waals surface area contributed by atoms with Crippen molar-refractivity contribution in [1.82, 2.24) is 0 Å². The largest absolute Gasteiger partial charge is 0.395 e. The van der Waals surface area contributed by atoms with Gasteiger partial charge in [0.2, 0.25) is 0 Å². The molecule has 1 unspecified atom stereocenters. The molecule has 1 aromatic rings. The standard InChI is InChI=1S/C16H23BrO3/c1-15(2)8-7-14(20-15)9-16(10-18,11-19)12-3-5-13(17)6-4-12/h3-6,14,18-19H,7-11H2,1-2H3. The van der Waals surface area contributed by atoms with E-state index in [1.165, 1.54) is 0 Å². The van der Waals surface area contributed by atoms with Gasteiger partial charge in [0.25, 0.3) is 0 Å². The van der Waals surface area contributed by atoms with Gasteiger partial charge in [-0.15, -0.1) is 0 Å². The van der Waals surface area contributed by atoms with Crippen LogP contribution in [0.2, 0.25) is 0 Å². The van der Waals surface area contributed by atoms with E-state index in [4.69, 9.17) is 4.74 Å². The minimum Gasteiger partial charge on any atom is -0.395 e. The van der Waals surface area contributed by atoms with E-state index in [-0.39, 0.29) is 24.9 Å². The van der Waals surface area contributed by atoms with Crippen molar-refractivity contribution < 1.29 is 14.9 Å². The lowest BCUT2D eigenvalue weighted by Gasteiger charge is -2.33. The summed E-state index contributed by atoms with van der Waals surface area (Å²) in [5.41, 5.74) is 0.228. The van der Waals surface area contributed by atoms with Gasteiger partial charge in [-0.3, -0.25) is 0 Å². The van der Waals surface area contributed by atoms with Crippen LogP contribution < -0.4 is 0 Å². The Kier molecular flexibility index (Phi) is 4.90. The molecule has 4 heteroatoms. The second-order valence-corrected chi connectivity index (χ2v) is 7.26. The van der Waals surface area contributed by atoms with E-state index < -0.39 is 5.41 Å². The summed E-state index contributed by atoms with van der Waals surface area (Å²) in [4.78, 5) is 0. The molecule has 2 rings (SSSR count). The van der Waals surface area contributed by atoms with Gasteiger partial charge in [-0.2, -0.15) is 0 Å². The number of hydrogen-bond acceptors (Lipinski definition) is 3. The first-order chi connectivity index (χ1) is 9.41. The van der Waals surface area contributed by atoms with Gasteiger partial charge in [0.1, 0.15) is 0 Å². The SMILES string of the molecule is CC1(C)CCC(CC(CO)(CO)c2ccc(Br)cc2)O1. The van der Waals surface area contributed by atoms with Crippen molar-refractivity contribution in [3.05, 3.63) is 34.3 Å². The minimum absolute atomic E-state index is 0.0780. The third kappa shape index (κ3) is 3.42. The predicted octanol–water partition coefficient (Wildman–Crippen LogP) is 3.02. The lowest BCUT2D eigenvalue weighted by Crippen LogP contribution is -2.39. The Balaban J connectivity index is 2.19. The van der Waals surface area contributed by atoms with Crippen LogP contribution in [-0.2, 0) is 10.2 Å². The fourth-order valence-corrected chi connectivity index (χ4v) is 3.20. The summed E-state index contributed by atoms with van der Waals surface area (Å²) in [5, 5.41) is 19.7. The highest BCUT2D eigenvalue weighted by molar-refractivity contribution is 9.10. The minimum atomic E-state index is -0.633. The van der Waals surface area contributed by atoms with E-state index in [0.717, 1.165) is 22.9 Å². The first-order valence-electron chi connectivity index (χ1n) is 7.06. The zero-order valence-electron chi connectivity index (χ0n) is 12.1. The van der Waals surface area contributed by atoms with E-state index in [2.05, 4.69) is 29.8 Å². The van der Waals surface area contributed by atoms with Crippen LogP contribution in [-0.4, -0.2) is 35.1 Å². The Labute approximate surface area is 129 Å². The normalized spacial score (nSPS) is 22.1. The summed E-state index contributed by atoms with van der Waals surface area (Å²) in [6.07, 6.45) is 2.73. The van der Waals surface area contributed by atoms with Crippen LogP contribution in [0.1, 0.15) is 38.7 Å². The molecule has 1 fully saturated rings. The van der Waals surface area contributed by atoms with Gasteiger partial charge < -0.3 is 14.9 Å². The van der Waals surface area contributed by atoms with Crippen LogP contribution in [0.25, 0.3) is 0 Å². The summed E-state index contributed by atoms with van der Waals surface area (Å²) in [6.45, 7) is 4.02. The molecule has 2 N–H and O–H groups in total. The van der Waals surface area contributed by atoms with E-state index in [0.29, 0.717) is 6.42 Å². The van der Waals surface area contributed by atoms with Crippen molar-refractivity contribution in [2.75, 3.05) is 13.2 Å². The van der Waals surface area contributed by atoms with E-state index in [1.807, 2.05) is 24.3 Å². The van der Waals surface area contributed by atoms with Crippen LogP contribution in [0.3, 0.4) is 0 Å². The molecule has 0 saturated carbocycles. The summed E-state index contributed by atoms with van der Waals surface area (Å²) >= 11 is 3.41. The number of rotatable bonds is 5. The first-order valence-corrected chi connectivity index (χ1v) is 7.86. The van der Waals surface area contributed by atoms with Crippen molar-refractivity contribution in [2.45, 2.75) is 50.2 Å². The van der Waals surface area contributed by atoms with Gasteiger partial charge in [-0.05, 0) is 50.8 Å². The van der Waals surface area contributed by atoms with Crippen LogP contribution in [0.4, 0.5) is 0 Å². The number of ether oxygens (including phenoxy) is 1. The smallest absolute Gasteiger partial charge is 0.0631 e. The maximum absolute atomic E-state index is 9.86. The Morgan fingerprint density at radius 1 is 1.25 bits per heavy atom. The second kappa shape index (κ2) is 6.14. The van der Waals surface area contributed by atoms with Gasteiger partial charge in [-0.1, -0.05) is 28.1 Å². The van der Waals surface area contributed by atoms with Crippen molar-refractivity contribution >= 4 is 15.9 Å². The molecule has 1 heterocycles.